The maximum atomic E-state index is 5.92. The van der Waals surface area contributed by atoms with Crippen LogP contribution in [-0.4, -0.2) is 4.98 Å². The largest absolute Gasteiger partial charge is 0.439 e. The van der Waals surface area contributed by atoms with Gasteiger partial charge in [-0.15, -0.1) is 0 Å². The van der Waals surface area contributed by atoms with Crippen molar-refractivity contribution in [3.05, 3.63) is 28.6 Å². The van der Waals surface area contributed by atoms with Gasteiger partial charge in [0.25, 0.3) is 0 Å². The Labute approximate surface area is 80.5 Å². The third-order valence-corrected chi connectivity index (χ3v) is 2.29. The van der Waals surface area contributed by atoms with Gasteiger partial charge in [-0.25, -0.2) is 4.98 Å². The molecule has 0 aliphatic carbocycles. The zero-order valence-corrected chi connectivity index (χ0v) is 7.93. The van der Waals surface area contributed by atoms with Crippen molar-refractivity contribution in [2.45, 2.75) is 13.5 Å². The Morgan fingerprint density at radius 2 is 2.31 bits per heavy atom. The van der Waals surface area contributed by atoms with Crippen molar-refractivity contribution in [1.29, 1.82) is 0 Å². The van der Waals surface area contributed by atoms with Crippen LogP contribution in [0.1, 0.15) is 11.5 Å². The van der Waals surface area contributed by atoms with Crippen LogP contribution in [-0.2, 0) is 6.54 Å². The van der Waals surface area contributed by atoms with Gasteiger partial charge in [0.1, 0.15) is 5.52 Å². The molecular weight excluding hydrogens is 188 g/mol. The molecule has 0 fully saturated rings. The van der Waals surface area contributed by atoms with Crippen LogP contribution in [0.5, 0.6) is 0 Å². The molecular formula is C9H9ClN2O. The van der Waals surface area contributed by atoms with Crippen molar-refractivity contribution in [3.63, 3.8) is 0 Å². The van der Waals surface area contributed by atoms with Gasteiger partial charge in [0.05, 0.1) is 6.54 Å². The van der Waals surface area contributed by atoms with E-state index in [-0.39, 0.29) is 0 Å². The van der Waals surface area contributed by atoms with Crippen molar-refractivity contribution in [2.24, 2.45) is 5.73 Å². The summed E-state index contributed by atoms with van der Waals surface area (Å²) in [6.07, 6.45) is 0. The molecule has 0 unspecified atom stereocenters. The molecule has 1 aromatic heterocycles. The third-order valence-electron chi connectivity index (χ3n) is 1.89. The predicted molar refractivity (Wildman–Crippen MR) is 51.6 cm³/mol. The summed E-state index contributed by atoms with van der Waals surface area (Å²) in [6, 6.07) is 3.65. The molecule has 0 radical (unpaired) electrons. The Morgan fingerprint density at radius 1 is 1.54 bits per heavy atom. The summed E-state index contributed by atoms with van der Waals surface area (Å²) in [5, 5.41) is 0.687. The van der Waals surface area contributed by atoms with Crippen molar-refractivity contribution in [3.8, 4) is 0 Å². The van der Waals surface area contributed by atoms with Crippen molar-refractivity contribution >= 4 is 22.7 Å². The molecule has 2 aromatic rings. The lowest BCUT2D eigenvalue weighted by molar-refractivity contribution is 0.533. The maximum absolute atomic E-state index is 5.92. The molecule has 1 heterocycles. The van der Waals surface area contributed by atoms with E-state index in [0.29, 0.717) is 23.0 Å². The van der Waals surface area contributed by atoms with Crippen LogP contribution in [0, 0.1) is 6.92 Å². The Balaban J connectivity index is 2.70. The average Bonchev–Trinajstić information content (AvgIpc) is 2.48. The van der Waals surface area contributed by atoms with Gasteiger partial charge < -0.3 is 10.2 Å². The standard InChI is InChI=1S/C9H9ClN2O/c1-5-2-7-8(3-6(5)10)13-9(4-11)12-7/h2-3H,4,11H2,1H3. The van der Waals surface area contributed by atoms with E-state index in [4.69, 9.17) is 21.8 Å². The van der Waals surface area contributed by atoms with Gasteiger partial charge in [0.2, 0.25) is 5.89 Å². The van der Waals surface area contributed by atoms with Crippen molar-refractivity contribution < 1.29 is 4.42 Å². The smallest absolute Gasteiger partial charge is 0.209 e. The van der Waals surface area contributed by atoms with Gasteiger partial charge in [-0.3, -0.25) is 0 Å². The first-order chi connectivity index (χ1) is 6.20. The number of hydrogen-bond acceptors (Lipinski definition) is 3. The lowest BCUT2D eigenvalue weighted by atomic mass is 10.2. The van der Waals surface area contributed by atoms with Crippen LogP contribution in [0.4, 0.5) is 0 Å². The van der Waals surface area contributed by atoms with E-state index >= 15 is 0 Å². The average molecular weight is 197 g/mol. The van der Waals surface area contributed by atoms with Gasteiger partial charge in [0, 0.05) is 11.1 Å². The van der Waals surface area contributed by atoms with Gasteiger partial charge >= 0.3 is 0 Å². The quantitative estimate of drug-likeness (QED) is 0.761. The summed E-state index contributed by atoms with van der Waals surface area (Å²) in [5.74, 6) is 0.539. The van der Waals surface area contributed by atoms with Gasteiger partial charge in [0.15, 0.2) is 5.58 Å². The first-order valence-electron chi connectivity index (χ1n) is 3.96. The molecule has 0 saturated heterocycles. The molecule has 0 aliphatic rings. The summed E-state index contributed by atoms with van der Waals surface area (Å²) in [6.45, 7) is 2.24. The second-order valence-corrected chi connectivity index (χ2v) is 3.29. The number of benzene rings is 1. The van der Waals surface area contributed by atoms with E-state index in [1.807, 2.05) is 13.0 Å². The molecule has 0 bridgehead atoms. The molecule has 4 heteroatoms. The number of nitrogens with zero attached hydrogens (tertiary/aromatic N) is 1. The number of fused-ring (bicyclic) bond motifs is 1. The number of rotatable bonds is 1. The molecule has 3 nitrogen and oxygen atoms in total. The van der Waals surface area contributed by atoms with Crippen LogP contribution in [0.25, 0.3) is 11.1 Å². The van der Waals surface area contributed by atoms with E-state index in [0.717, 1.165) is 11.1 Å². The Hall–Kier alpha value is -1.06. The van der Waals surface area contributed by atoms with E-state index in [2.05, 4.69) is 4.98 Å². The molecule has 0 spiro atoms. The molecule has 1 aromatic carbocycles. The molecule has 0 atom stereocenters. The van der Waals surface area contributed by atoms with E-state index in [1.54, 1.807) is 6.07 Å². The van der Waals surface area contributed by atoms with Crippen LogP contribution in [0.15, 0.2) is 16.5 Å². The lowest BCUT2D eigenvalue weighted by Crippen LogP contribution is -1.94. The monoisotopic (exact) mass is 196 g/mol. The second kappa shape index (κ2) is 3.01. The van der Waals surface area contributed by atoms with Crippen LogP contribution < -0.4 is 5.73 Å². The normalized spacial score (nSPS) is 11.0. The van der Waals surface area contributed by atoms with Crippen molar-refractivity contribution in [2.75, 3.05) is 0 Å². The fourth-order valence-electron chi connectivity index (χ4n) is 1.19. The minimum absolute atomic E-state index is 0.311. The summed E-state index contributed by atoms with van der Waals surface area (Å²) in [5.41, 5.74) is 7.89. The Morgan fingerprint density at radius 3 is 3.00 bits per heavy atom. The summed E-state index contributed by atoms with van der Waals surface area (Å²) in [4.78, 5) is 4.18. The number of oxazole rings is 1. The summed E-state index contributed by atoms with van der Waals surface area (Å²) < 4.78 is 5.33. The first kappa shape index (κ1) is 8.53. The second-order valence-electron chi connectivity index (χ2n) is 2.88. The maximum Gasteiger partial charge on any atom is 0.209 e. The number of aryl methyl sites for hydroxylation is 1. The topological polar surface area (TPSA) is 52.0 Å². The fraction of sp³-hybridized carbons (Fsp3) is 0.222. The SMILES string of the molecule is Cc1cc2nc(CN)oc2cc1Cl. The van der Waals surface area contributed by atoms with Gasteiger partial charge in [-0.05, 0) is 18.6 Å². The van der Waals surface area contributed by atoms with Crippen LogP contribution in [0.3, 0.4) is 0 Å². The van der Waals surface area contributed by atoms with Crippen molar-refractivity contribution in [1.82, 2.24) is 4.98 Å². The highest BCUT2D eigenvalue weighted by Crippen LogP contribution is 2.23. The van der Waals surface area contributed by atoms with Crippen LogP contribution >= 0.6 is 11.6 Å². The molecule has 0 amide bonds. The van der Waals surface area contributed by atoms with E-state index in [1.165, 1.54) is 0 Å². The van der Waals surface area contributed by atoms with E-state index < -0.39 is 0 Å². The summed E-state index contributed by atoms with van der Waals surface area (Å²) in [7, 11) is 0. The van der Waals surface area contributed by atoms with Crippen LogP contribution in [0.2, 0.25) is 5.02 Å². The minimum Gasteiger partial charge on any atom is -0.439 e. The highest BCUT2D eigenvalue weighted by atomic mass is 35.5. The third kappa shape index (κ3) is 1.41. The Bertz CT molecular complexity index is 411. The highest BCUT2D eigenvalue weighted by Gasteiger charge is 2.06. The van der Waals surface area contributed by atoms with Gasteiger partial charge in [-0.2, -0.15) is 0 Å². The van der Waals surface area contributed by atoms with Gasteiger partial charge in [-0.1, -0.05) is 11.6 Å². The number of halogens is 1. The molecule has 68 valence electrons. The molecule has 0 aliphatic heterocycles. The number of aromatic nitrogens is 1. The zero-order chi connectivity index (χ0) is 9.42. The molecule has 13 heavy (non-hydrogen) atoms. The zero-order valence-electron chi connectivity index (χ0n) is 7.17. The fourth-order valence-corrected chi connectivity index (χ4v) is 1.34. The lowest BCUT2D eigenvalue weighted by Gasteiger charge is -1.93. The predicted octanol–water partition coefficient (Wildman–Crippen LogP) is 2.25. The summed E-state index contributed by atoms with van der Waals surface area (Å²) >= 11 is 5.92. The molecule has 2 rings (SSSR count). The first-order valence-corrected chi connectivity index (χ1v) is 4.34. The minimum atomic E-state index is 0.311. The molecule has 0 saturated carbocycles. The number of nitrogens with two attached hydrogens (primary N) is 1. The molecule has 2 N–H and O–H groups in total. The Kier molecular flexibility index (Phi) is 1.98. The number of hydrogen-bond donors (Lipinski definition) is 1. The highest BCUT2D eigenvalue weighted by molar-refractivity contribution is 6.31. The van der Waals surface area contributed by atoms with E-state index in [9.17, 15) is 0 Å².